The lowest BCUT2D eigenvalue weighted by Crippen LogP contribution is -2.17. The molecule has 3 nitrogen and oxygen atoms in total. The first-order valence-corrected chi connectivity index (χ1v) is 4.78. The Labute approximate surface area is 91.2 Å². The molecule has 80 valence electrons. The Morgan fingerprint density at radius 2 is 2.13 bits per heavy atom. The van der Waals surface area contributed by atoms with E-state index < -0.39 is 11.7 Å². The molecule has 0 aliphatic heterocycles. The lowest BCUT2D eigenvalue weighted by molar-refractivity contribution is -0.124. The van der Waals surface area contributed by atoms with E-state index in [1.807, 2.05) is 0 Å². The molecule has 15 heavy (non-hydrogen) atoms. The summed E-state index contributed by atoms with van der Waals surface area (Å²) in [5, 5.41) is 2.39. The molecule has 1 aromatic rings. The van der Waals surface area contributed by atoms with E-state index in [4.69, 9.17) is 11.6 Å². The number of halogens is 2. The van der Waals surface area contributed by atoms with Crippen molar-refractivity contribution in [2.24, 2.45) is 0 Å². The number of carbonyl (C=O) groups is 2. The Morgan fingerprint density at radius 1 is 1.40 bits per heavy atom. The summed E-state index contributed by atoms with van der Waals surface area (Å²) in [7, 11) is 0. The largest absolute Gasteiger partial charge is 0.326 e. The summed E-state index contributed by atoms with van der Waals surface area (Å²) in [4.78, 5) is 22.0. The van der Waals surface area contributed by atoms with Crippen LogP contribution in [0.5, 0.6) is 0 Å². The van der Waals surface area contributed by atoms with Crippen LogP contribution in [0, 0.1) is 5.82 Å². The van der Waals surface area contributed by atoms with Crippen LogP contribution >= 0.6 is 11.6 Å². The molecule has 0 saturated carbocycles. The van der Waals surface area contributed by atoms with Gasteiger partial charge in [0.1, 0.15) is 5.82 Å². The molecule has 5 heteroatoms. The molecule has 1 rings (SSSR count). The number of hydrogen-bond donors (Lipinski definition) is 1. The predicted molar refractivity (Wildman–Crippen MR) is 55.4 cm³/mol. The number of ketones is 1. The topological polar surface area (TPSA) is 46.2 Å². The fourth-order valence-electron chi connectivity index (χ4n) is 0.998. The molecule has 0 atom stereocenters. The Hall–Kier alpha value is -1.42. The summed E-state index contributed by atoms with van der Waals surface area (Å²) in [6.07, 6.45) is -0.292. The van der Waals surface area contributed by atoms with Gasteiger partial charge in [-0.1, -0.05) is 6.07 Å². The van der Waals surface area contributed by atoms with Crippen molar-refractivity contribution in [3.63, 3.8) is 0 Å². The van der Waals surface area contributed by atoms with E-state index >= 15 is 0 Å². The van der Waals surface area contributed by atoms with Gasteiger partial charge in [0.25, 0.3) is 0 Å². The van der Waals surface area contributed by atoms with Crippen molar-refractivity contribution < 1.29 is 14.0 Å². The number of amides is 1. The molecular formula is C10H9ClFNO2. The molecule has 0 bridgehead atoms. The van der Waals surface area contributed by atoms with Crippen LogP contribution in [0.15, 0.2) is 24.3 Å². The van der Waals surface area contributed by atoms with E-state index in [9.17, 15) is 14.0 Å². The molecule has 1 aromatic carbocycles. The highest BCUT2D eigenvalue weighted by Gasteiger charge is 2.08. The van der Waals surface area contributed by atoms with Gasteiger partial charge in [0, 0.05) is 5.69 Å². The van der Waals surface area contributed by atoms with Crippen molar-refractivity contribution in [3.8, 4) is 0 Å². The van der Waals surface area contributed by atoms with Gasteiger partial charge in [-0.2, -0.15) is 0 Å². The fraction of sp³-hybridized carbons (Fsp3) is 0.200. The number of anilines is 1. The average Bonchev–Trinajstić information content (AvgIpc) is 2.17. The minimum absolute atomic E-state index is 0.198. The zero-order valence-corrected chi connectivity index (χ0v) is 8.55. The van der Waals surface area contributed by atoms with Crippen molar-refractivity contribution in [1.82, 2.24) is 0 Å². The second-order valence-electron chi connectivity index (χ2n) is 2.91. The van der Waals surface area contributed by atoms with Crippen LogP contribution in [0.4, 0.5) is 10.1 Å². The number of Topliss-reactive ketones (excluding diaryl/α,β-unsaturated/α-hetero) is 1. The third-order valence-corrected chi connectivity index (χ3v) is 1.91. The van der Waals surface area contributed by atoms with E-state index in [1.165, 1.54) is 24.3 Å². The number of rotatable bonds is 4. The van der Waals surface area contributed by atoms with Gasteiger partial charge in [-0.15, -0.1) is 11.6 Å². The van der Waals surface area contributed by atoms with Gasteiger partial charge in [0.15, 0.2) is 5.78 Å². The first-order chi connectivity index (χ1) is 7.11. The SMILES string of the molecule is O=C(CCl)CC(=O)Nc1cccc(F)c1. The van der Waals surface area contributed by atoms with Gasteiger partial charge in [-0.3, -0.25) is 9.59 Å². The van der Waals surface area contributed by atoms with Crippen LogP contribution in [-0.4, -0.2) is 17.6 Å². The molecule has 0 fully saturated rings. The fourth-order valence-corrected chi connectivity index (χ4v) is 1.09. The van der Waals surface area contributed by atoms with Gasteiger partial charge in [0.05, 0.1) is 12.3 Å². The number of alkyl halides is 1. The van der Waals surface area contributed by atoms with E-state index in [-0.39, 0.29) is 18.1 Å². The van der Waals surface area contributed by atoms with Gasteiger partial charge in [-0.05, 0) is 18.2 Å². The van der Waals surface area contributed by atoms with Gasteiger partial charge >= 0.3 is 0 Å². The summed E-state index contributed by atoms with van der Waals surface area (Å²) < 4.78 is 12.7. The molecule has 0 aromatic heterocycles. The molecule has 1 N–H and O–H groups in total. The summed E-state index contributed by atoms with van der Waals surface area (Å²) in [5.74, 6) is -1.51. The van der Waals surface area contributed by atoms with Gasteiger partial charge < -0.3 is 5.32 Å². The summed E-state index contributed by atoms with van der Waals surface area (Å²) in [6.45, 7) is 0. The predicted octanol–water partition coefficient (Wildman–Crippen LogP) is 1.96. The Balaban J connectivity index is 2.55. The van der Waals surface area contributed by atoms with Gasteiger partial charge in [-0.25, -0.2) is 4.39 Å². The first-order valence-electron chi connectivity index (χ1n) is 4.25. The third-order valence-electron chi connectivity index (χ3n) is 1.62. The molecule has 0 heterocycles. The second kappa shape index (κ2) is 5.46. The van der Waals surface area contributed by atoms with Crippen LogP contribution < -0.4 is 5.32 Å². The number of hydrogen-bond acceptors (Lipinski definition) is 2. The molecule has 0 radical (unpaired) electrons. The maximum absolute atomic E-state index is 12.7. The van der Waals surface area contributed by atoms with E-state index in [1.54, 1.807) is 0 Å². The van der Waals surface area contributed by atoms with Crippen molar-refractivity contribution in [2.45, 2.75) is 6.42 Å². The minimum atomic E-state index is -0.494. The minimum Gasteiger partial charge on any atom is -0.326 e. The average molecular weight is 230 g/mol. The Kier molecular flexibility index (Phi) is 4.24. The van der Waals surface area contributed by atoms with Crippen LogP contribution in [0.3, 0.4) is 0 Å². The number of benzene rings is 1. The summed E-state index contributed by atoms with van der Waals surface area (Å²) in [6, 6.07) is 5.43. The molecular weight excluding hydrogens is 221 g/mol. The zero-order chi connectivity index (χ0) is 11.3. The first kappa shape index (κ1) is 11.7. The van der Waals surface area contributed by atoms with Crippen LogP contribution in [0.1, 0.15) is 6.42 Å². The smallest absolute Gasteiger partial charge is 0.231 e. The maximum Gasteiger partial charge on any atom is 0.231 e. The molecule has 0 aliphatic rings. The van der Waals surface area contributed by atoms with Crippen molar-refractivity contribution in [1.29, 1.82) is 0 Å². The number of nitrogens with one attached hydrogen (secondary N) is 1. The van der Waals surface area contributed by atoms with Crippen molar-refractivity contribution in [3.05, 3.63) is 30.1 Å². The Morgan fingerprint density at radius 3 is 2.73 bits per heavy atom. The Bertz CT molecular complexity index is 381. The lowest BCUT2D eigenvalue weighted by Gasteiger charge is -2.03. The van der Waals surface area contributed by atoms with E-state index in [0.29, 0.717) is 5.69 Å². The molecule has 0 spiro atoms. The highest BCUT2D eigenvalue weighted by atomic mass is 35.5. The quantitative estimate of drug-likeness (QED) is 0.634. The van der Waals surface area contributed by atoms with E-state index in [0.717, 1.165) is 0 Å². The zero-order valence-electron chi connectivity index (χ0n) is 7.80. The summed E-state index contributed by atoms with van der Waals surface area (Å²) in [5.41, 5.74) is 0.322. The van der Waals surface area contributed by atoms with Crippen LogP contribution in [0.2, 0.25) is 0 Å². The lowest BCUT2D eigenvalue weighted by atomic mass is 10.2. The molecule has 0 unspecified atom stereocenters. The molecule has 0 saturated heterocycles. The normalized spacial score (nSPS) is 9.73. The summed E-state index contributed by atoms with van der Waals surface area (Å²) >= 11 is 5.23. The van der Waals surface area contributed by atoms with Crippen molar-refractivity contribution in [2.75, 3.05) is 11.2 Å². The molecule has 0 aliphatic carbocycles. The van der Waals surface area contributed by atoms with E-state index in [2.05, 4.69) is 5.32 Å². The van der Waals surface area contributed by atoms with Crippen LogP contribution in [0.25, 0.3) is 0 Å². The number of carbonyl (C=O) groups excluding carboxylic acids is 2. The highest BCUT2D eigenvalue weighted by Crippen LogP contribution is 2.09. The maximum atomic E-state index is 12.7. The standard InChI is InChI=1S/C10H9ClFNO2/c11-6-9(14)5-10(15)13-8-3-1-2-7(12)4-8/h1-4H,5-6H2,(H,13,15). The molecule has 1 amide bonds. The van der Waals surface area contributed by atoms with Gasteiger partial charge in [0.2, 0.25) is 5.91 Å². The van der Waals surface area contributed by atoms with Crippen LogP contribution in [-0.2, 0) is 9.59 Å². The van der Waals surface area contributed by atoms with Crippen molar-refractivity contribution >= 4 is 29.0 Å². The highest BCUT2D eigenvalue weighted by molar-refractivity contribution is 6.29. The second-order valence-corrected chi connectivity index (χ2v) is 3.17. The third kappa shape index (κ3) is 4.08. The monoisotopic (exact) mass is 229 g/mol.